The summed E-state index contributed by atoms with van der Waals surface area (Å²) >= 11 is 3.43. The number of aromatic hydroxyl groups is 1. The molecule has 0 unspecified atom stereocenters. The van der Waals surface area contributed by atoms with Crippen LogP contribution in [0.4, 0.5) is 0 Å². The predicted molar refractivity (Wildman–Crippen MR) is 57.8 cm³/mol. The van der Waals surface area contributed by atoms with Gasteiger partial charge in [-0.3, -0.25) is 0 Å². The van der Waals surface area contributed by atoms with Crippen LogP contribution >= 0.6 is 15.9 Å². The van der Waals surface area contributed by atoms with Gasteiger partial charge < -0.3 is 10.4 Å². The minimum absolute atomic E-state index is 0.309. The Labute approximate surface area is 87.1 Å². The van der Waals surface area contributed by atoms with Gasteiger partial charge in [-0.2, -0.15) is 0 Å². The summed E-state index contributed by atoms with van der Waals surface area (Å²) in [4.78, 5) is 0. The Kier molecular flexibility index (Phi) is 3.75. The van der Waals surface area contributed by atoms with Gasteiger partial charge in [0, 0.05) is 17.1 Å². The molecule has 1 aromatic carbocycles. The van der Waals surface area contributed by atoms with Crippen molar-refractivity contribution in [1.82, 2.24) is 5.32 Å². The summed E-state index contributed by atoms with van der Waals surface area (Å²) in [7, 11) is 0. The van der Waals surface area contributed by atoms with Crippen molar-refractivity contribution in [3.8, 4) is 5.75 Å². The van der Waals surface area contributed by atoms with E-state index < -0.39 is 0 Å². The van der Waals surface area contributed by atoms with Crippen LogP contribution < -0.4 is 5.32 Å². The lowest BCUT2D eigenvalue weighted by molar-refractivity contribution is 0.473. The maximum absolute atomic E-state index is 9.25. The molecule has 0 aromatic heterocycles. The van der Waals surface area contributed by atoms with E-state index in [-0.39, 0.29) is 0 Å². The number of nitrogens with one attached hydrogen (secondary N) is 1. The minimum Gasteiger partial charge on any atom is -0.508 e. The van der Waals surface area contributed by atoms with E-state index >= 15 is 0 Å². The first-order chi connectivity index (χ1) is 6.09. The third kappa shape index (κ3) is 3.36. The molecule has 0 atom stereocenters. The summed E-state index contributed by atoms with van der Waals surface area (Å²) in [5.74, 6) is 0.309. The molecule has 1 aromatic rings. The Morgan fingerprint density at radius 2 is 2.15 bits per heavy atom. The van der Waals surface area contributed by atoms with Gasteiger partial charge in [-0.25, -0.2) is 0 Å². The molecule has 0 saturated carbocycles. The van der Waals surface area contributed by atoms with Crippen LogP contribution in [0.15, 0.2) is 22.7 Å². The van der Waals surface area contributed by atoms with E-state index in [1.54, 1.807) is 12.1 Å². The van der Waals surface area contributed by atoms with Crippen LogP contribution in [0.2, 0.25) is 0 Å². The largest absolute Gasteiger partial charge is 0.508 e. The molecule has 0 heterocycles. The van der Waals surface area contributed by atoms with E-state index in [1.165, 1.54) is 0 Å². The third-order valence-corrected chi connectivity index (χ3v) is 2.50. The molecule has 0 fully saturated rings. The second-order valence-electron chi connectivity index (χ2n) is 3.31. The molecule has 13 heavy (non-hydrogen) atoms. The Morgan fingerprint density at radius 3 is 2.77 bits per heavy atom. The van der Waals surface area contributed by atoms with Crippen LogP contribution in [0, 0.1) is 0 Å². The SMILES string of the molecule is CC(C)NCc1cc(O)ccc1Br. The molecule has 72 valence electrons. The zero-order chi connectivity index (χ0) is 9.84. The van der Waals surface area contributed by atoms with Crippen molar-refractivity contribution in [2.75, 3.05) is 0 Å². The average molecular weight is 244 g/mol. The maximum atomic E-state index is 9.25. The van der Waals surface area contributed by atoms with Crippen molar-refractivity contribution in [3.63, 3.8) is 0 Å². The van der Waals surface area contributed by atoms with Gasteiger partial charge >= 0.3 is 0 Å². The van der Waals surface area contributed by atoms with Gasteiger partial charge in [-0.15, -0.1) is 0 Å². The topological polar surface area (TPSA) is 32.3 Å². The summed E-state index contributed by atoms with van der Waals surface area (Å²) in [6, 6.07) is 5.74. The molecule has 0 bridgehead atoms. The van der Waals surface area contributed by atoms with Crippen LogP contribution in [0.5, 0.6) is 5.75 Å². The number of hydrogen-bond acceptors (Lipinski definition) is 2. The van der Waals surface area contributed by atoms with Gasteiger partial charge in [0.2, 0.25) is 0 Å². The lowest BCUT2D eigenvalue weighted by atomic mass is 10.2. The summed E-state index contributed by atoms with van der Waals surface area (Å²) in [6.07, 6.45) is 0. The van der Waals surface area contributed by atoms with E-state index in [9.17, 15) is 5.11 Å². The molecule has 2 N–H and O–H groups in total. The molecule has 0 aliphatic heterocycles. The summed E-state index contributed by atoms with van der Waals surface area (Å²) in [6.45, 7) is 4.96. The van der Waals surface area contributed by atoms with E-state index in [1.807, 2.05) is 6.07 Å². The highest BCUT2D eigenvalue weighted by atomic mass is 79.9. The number of rotatable bonds is 3. The van der Waals surface area contributed by atoms with Crippen molar-refractivity contribution in [1.29, 1.82) is 0 Å². The van der Waals surface area contributed by atoms with E-state index in [2.05, 4.69) is 35.1 Å². The molecule has 0 aliphatic carbocycles. The van der Waals surface area contributed by atoms with Crippen molar-refractivity contribution >= 4 is 15.9 Å². The Bertz CT molecular complexity index is 286. The van der Waals surface area contributed by atoms with Gasteiger partial charge in [0.1, 0.15) is 5.75 Å². The fourth-order valence-electron chi connectivity index (χ4n) is 1.01. The normalized spacial score (nSPS) is 10.8. The van der Waals surface area contributed by atoms with Gasteiger partial charge in [0.15, 0.2) is 0 Å². The monoisotopic (exact) mass is 243 g/mol. The predicted octanol–water partition coefficient (Wildman–Crippen LogP) is 2.65. The molecule has 0 saturated heterocycles. The fraction of sp³-hybridized carbons (Fsp3) is 0.400. The highest BCUT2D eigenvalue weighted by Gasteiger charge is 2.01. The zero-order valence-electron chi connectivity index (χ0n) is 7.84. The Hall–Kier alpha value is -0.540. The standard InChI is InChI=1S/C10H14BrNO/c1-7(2)12-6-8-5-9(13)3-4-10(8)11/h3-5,7,12-13H,6H2,1-2H3. The highest BCUT2D eigenvalue weighted by Crippen LogP contribution is 2.21. The maximum Gasteiger partial charge on any atom is 0.115 e. The summed E-state index contributed by atoms with van der Waals surface area (Å²) in [5, 5.41) is 12.5. The Morgan fingerprint density at radius 1 is 1.46 bits per heavy atom. The molecule has 0 aliphatic rings. The smallest absolute Gasteiger partial charge is 0.115 e. The van der Waals surface area contributed by atoms with Gasteiger partial charge in [0.25, 0.3) is 0 Å². The minimum atomic E-state index is 0.309. The molecule has 0 radical (unpaired) electrons. The fourth-order valence-corrected chi connectivity index (χ4v) is 1.40. The molecule has 3 heteroatoms. The van der Waals surface area contributed by atoms with E-state index in [4.69, 9.17) is 0 Å². The number of halogens is 1. The molecule has 2 nitrogen and oxygen atoms in total. The van der Waals surface area contributed by atoms with Crippen LogP contribution in [-0.4, -0.2) is 11.1 Å². The number of phenolic OH excluding ortho intramolecular Hbond substituents is 1. The highest BCUT2D eigenvalue weighted by molar-refractivity contribution is 9.10. The average Bonchev–Trinajstić information content (AvgIpc) is 2.06. The number of phenols is 1. The quantitative estimate of drug-likeness (QED) is 0.856. The van der Waals surface area contributed by atoms with Gasteiger partial charge in [0.05, 0.1) is 0 Å². The lowest BCUT2D eigenvalue weighted by Gasteiger charge is -2.09. The molecule has 1 rings (SSSR count). The summed E-state index contributed by atoms with van der Waals surface area (Å²) in [5.41, 5.74) is 1.08. The van der Waals surface area contributed by atoms with Crippen LogP contribution in [0.3, 0.4) is 0 Å². The van der Waals surface area contributed by atoms with Crippen molar-refractivity contribution < 1.29 is 5.11 Å². The first-order valence-electron chi connectivity index (χ1n) is 4.30. The van der Waals surface area contributed by atoms with Gasteiger partial charge in [-0.05, 0) is 23.8 Å². The van der Waals surface area contributed by atoms with E-state index in [0.29, 0.717) is 11.8 Å². The van der Waals surface area contributed by atoms with Crippen LogP contribution in [0.25, 0.3) is 0 Å². The van der Waals surface area contributed by atoms with Crippen LogP contribution in [-0.2, 0) is 6.54 Å². The van der Waals surface area contributed by atoms with E-state index in [0.717, 1.165) is 16.6 Å². The summed E-state index contributed by atoms with van der Waals surface area (Å²) < 4.78 is 1.03. The lowest BCUT2D eigenvalue weighted by Crippen LogP contribution is -2.21. The van der Waals surface area contributed by atoms with Gasteiger partial charge in [-0.1, -0.05) is 29.8 Å². The second-order valence-corrected chi connectivity index (χ2v) is 4.17. The van der Waals surface area contributed by atoms with Crippen molar-refractivity contribution in [2.24, 2.45) is 0 Å². The number of benzene rings is 1. The van der Waals surface area contributed by atoms with Crippen molar-refractivity contribution in [3.05, 3.63) is 28.2 Å². The first kappa shape index (κ1) is 10.5. The number of hydrogen-bond donors (Lipinski definition) is 2. The molecular weight excluding hydrogens is 230 g/mol. The first-order valence-corrected chi connectivity index (χ1v) is 5.09. The third-order valence-electron chi connectivity index (χ3n) is 1.73. The second kappa shape index (κ2) is 4.63. The van der Waals surface area contributed by atoms with Crippen LogP contribution in [0.1, 0.15) is 19.4 Å². The molecule has 0 spiro atoms. The Balaban J connectivity index is 2.70. The zero-order valence-corrected chi connectivity index (χ0v) is 9.43. The molecule has 0 amide bonds. The molecular formula is C10H14BrNO. The van der Waals surface area contributed by atoms with Crippen molar-refractivity contribution in [2.45, 2.75) is 26.4 Å².